The van der Waals surface area contributed by atoms with Crippen LogP contribution in [0.4, 0.5) is 27.8 Å². The van der Waals surface area contributed by atoms with E-state index in [4.69, 9.17) is 0 Å². The molecule has 0 spiro atoms. The molecule has 0 radical (unpaired) electrons. The van der Waals surface area contributed by atoms with Crippen molar-refractivity contribution >= 4 is 11.3 Å². The van der Waals surface area contributed by atoms with Gasteiger partial charge in [-0.3, -0.25) is 0 Å². The van der Waals surface area contributed by atoms with Crippen molar-refractivity contribution in [2.75, 3.05) is 11.9 Å². The highest BCUT2D eigenvalue weighted by molar-refractivity contribution is 5.67. The smallest absolute Gasteiger partial charge is 0.363 e. The summed E-state index contributed by atoms with van der Waals surface area (Å²) < 4.78 is 62.3. The first-order chi connectivity index (χ1) is 8.38. The molecule has 0 aromatic carbocycles. The normalized spacial score (nSPS) is 12.3. The van der Waals surface area contributed by atoms with E-state index in [1.807, 2.05) is 0 Å². The Balaban J connectivity index is 2.39. The van der Waals surface area contributed by atoms with Crippen molar-refractivity contribution in [3.05, 3.63) is 24.2 Å². The maximum Gasteiger partial charge on any atom is 0.435 e. The summed E-state index contributed by atoms with van der Waals surface area (Å²) in [5.41, 5.74) is -1.11. The predicted molar refractivity (Wildman–Crippen MR) is 52.5 cm³/mol. The topological polar surface area (TPSA) is 42.2 Å². The van der Waals surface area contributed by atoms with E-state index in [0.29, 0.717) is 0 Å². The second kappa shape index (κ2) is 4.39. The van der Waals surface area contributed by atoms with Gasteiger partial charge in [0.2, 0.25) is 0 Å². The van der Waals surface area contributed by atoms with Gasteiger partial charge in [-0.2, -0.15) is 18.3 Å². The first-order valence-corrected chi connectivity index (χ1v) is 4.81. The van der Waals surface area contributed by atoms with E-state index in [1.54, 1.807) is 0 Å². The van der Waals surface area contributed by atoms with Crippen LogP contribution in [0.5, 0.6) is 0 Å². The van der Waals surface area contributed by atoms with Crippen LogP contribution in [0.1, 0.15) is 5.69 Å². The van der Waals surface area contributed by atoms with E-state index in [0.717, 1.165) is 10.6 Å². The van der Waals surface area contributed by atoms with Crippen LogP contribution in [0.2, 0.25) is 0 Å². The summed E-state index contributed by atoms with van der Waals surface area (Å²) in [6, 6.07) is 0.751. The van der Waals surface area contributed by atoms with Crippen molar-refractivity contribution < 1.29 is 22.0 Å². The summed E-state index contributed by atoms with van der Waals surface area (Å²) in [7, 11) is 0. The largest absolute Gasteiger partial charge is 0.435 e. The second-order valence-corrected chi connectivity index (χ2v) is 3.40. The maximum atomic E-state index is 12.4. The van der Waals surface area contributed by atoms with Gasteiger partial charge in [0, 0.05) is 18.5 Å². The lowest BCUT2D eigenvalue weighted by Gasteiger charge is -2.05. The lowest BCUT2D eigenvalue weighted by molar-refractivity contribution is -0.141. The number of alkyl halides is 5. The Morgan fingerprint density at radius 2 is 2.06 bits per heavy atom. The standard InChI is InChI=1S/C9H7F5N4/c10-7(11)4-16-8-5-3-6(9(12,13)14)17-18(5)2-1-15-8/h1-3,7H,4H2,(H,15,16). The lowest BCUT2D eigenvalue weighted by Crippen LogP contribution is -2.12. The third-order valence-electron chi connectivity index (χ3n) is 2.10. The van der Waals surface area contributed by atoms with Gasteiger partial charge in [-0.05, 0) is 0 Å². The zero-order valence-electron chi connectivity index (χ0n) is 8.75. The van der Waals surface area contributed by atoms with Crippen LogP contribution in [-0.4, -0.2) is 27.6 Å². The molecule has 1 N–H and O–H groups in total. The molecular weight excluding hydrogens is 259 g/mol. The summed E-state index contributed by atoms with van der Waals surface area (Å²) in [6.45, 7) is -0.695. The predicted octanol–water partition coefficient (Wildman–Crippen LogP) is 2.43. The molecule has 0 saturated heterocycles. The van der Waals surface area contributed by atoms with E-state index >= 15 is 0 Å². The highest BCUT2D eigenvalue weighted by Crippen LogP contribution is 2.29. The van der Waals surface area contributed by atoms with E-state index in [1.165, 1.54) is 12.4 Å². The average molecular weight is 266 g/mol. The molecule has 18 heavy (non-hydrogen) atoms. The fourth-order valence-corrected chi connectivity index (χ4v) is 1.37. The molecule has 4 nitrogen and oxygen atoms in total. The monoisotopic (exact) mass is 266 g/mol. The summed E-state index contributed by atoms with van der Waals surface area (Å²) in [5, 5.41) is 5.56. The Morgan fingerprint density at radius 3 is 2.67 bits per heavy atom. The summed E-state index contributed by atoms with van der Waals surface area (Å²) >= 11 is 0. The highest BCUT2D eigenvalue weighted by atomic mass is 19.4. The average Bonchev–Trinajstić information content (AvgIpc) is 2.69. The minimum atomic E-state index is -4.59. The van der Waals surface area contributed by atoms with Crippen LogP contribution in [0.15, 0.2) is 18.5 Å². The number of rotatable bonds is 3. The third kappa shape index (κ3) is 2.49. The first kappa shape index (κ1) is 12.5. The van der Waals surface area contributed by atoms with Crippen molar-refractivity contribution in [2.45, 2.75) is 12.6 Å². The molecule has 2 aromatic heterocycles. The molecule has 2 rings (SSSR count). The number of fused-ring (bicyclic) bond motifs is 1. The Kier molecular flexibility index (Phi) is 3.05. The number of aromatic nitrogens is 3. The highest BCUT2D eigenvalue weighted by Gasteiger charge is 2.34. The van der Waals surface area contributed by atoms with Crippen LogP contribution >= 0.6 is 0 Å². The van der Waals surface area contributed by atoms with Crippen molar-refractivity contribution in [2.24, 2.45) is 0 Å². The van der Waals surface area contributed by atoms with Crippen LogP contribution in [0.3, 0.4) is 0 Å². The number of nitrogens with zero attached hydrogens (tertiary/aromatic N) is 3. The molecule has 0 fully saturated rings. The van der Waals surface area contributed by atoms with Crippen LogP contribution in [0.25, 0.3) is 5.52 Å². The molecular formula is C9H7F5N4. The van der Waals surface area contributed by atoms with Crippen LogP contribution < -0.4 is 5.32 Å². The summed E-state index contributed by atoms with van der Waals surface area (Å²) in [5.74, 6) is -0.0687. The van der Waals surface area contributed by atoms with Crippen molar-refractivity contribution in [1.82, 2.24) is 14.6 Å². The fourth-order valence-electron chi connectivity index (χ4n) is 1.37. The lowest BCUT2D eigenvalue weighted by atomic mass is 10.3. The fraction of sp³-hybridized carbons (Fsp3) is 0.333. The number of hydrogen-bond acceptors (Lipinski definition) is 3. The van der Waals surface area contributed by atoms with Gasteiger partial charge in [-0.1, -0.05) is 0 Å². The number of halogens is 5. The van der Waals surface area contributed by atoms with Gasteiger partial charge in [0.1, 0.15) is 5.52 Å². The minimum Gasteiger partial charge on any atom is -0.363 e. The van der Waals surface area contributed by atoms with Gasteiger partial charge in [0.05, 0.1) is 6.54 Å². The van der Waals surface area contributed by atoms with Gasteiger partial charge in [-0.25, -0.2) is 18.3 Å². The zero-order chi connectivity index (χ0) is 13.3. The van der Waals surface area contributed by atoms with E-state index in [-0.39, 0.29) is 11.3 Å². The molecule has 0 unspecified atom stereocenters. The Labute approximate surface area is 97.4 Å². The summed E-state index contributed by atoms with van der Waals surface area (Å²) in [6.07, 6.45) is -4.84. The van der Waals surface area contributed by atoms with Gasteiger partial charge in [-0.15, -0.1) is 0 Å². The van der Waals surface area contributed by atoms with Crippen molar-refractivity contribution in [1.29, 1.82) is 0 Å². The molecule has 0 aliphatic heterocycles. The molecule has 2 heterocycles. The quantitative estimate of drug-likeness (QED) is 0.867. The second-order valence-electron chi connectivity index (χ2n) is 3.40. The van der Waals surface area contributed by atoms with E-state index in [2.05, 4.69) is 15.4 Å². The SMILES string of the molecule is FC(F)CNc1nccn2nc(C(F)(F)F)cc12. The van der Waals surface area contributed by atoms with Gasteiger partial charge < -0.3 is 5.32 Å². The minimum absolute atomic E-state index is 0.00882. The molecule has 0 bridgehead atoms. The van der Waals surface area contributed by atoms with Crippen molar-refractivity contribution in [3.8, 4) is 0 Å². The van der Waals surface area contributed by atoms with Gasteiger partial charge >= 0.3 is 6.18 Å². The zero-order valence-corrected chi connectivity index (χ0v) is 8.75. The first-order valence-electron chi connectivity index (χ1n) is 4.81. The molecule has 0 amide bonds. The third-order valence-corrected chi connectivity index (χ3v) is 2.10. The Morgan fingerprint density at radius 1 is 1.33 bits per heavy atom. The van der Waals surface area contributed by atoms with E-state index in [9.17, 15) is 22.0 Å². The number of nitrogens with one attached hydrogen (secondary N) is 1. The van der Waals surface area contributed by atoms with Crippen LogP contribution in [-0.2, 0) is 6.18 Å². The maximum absolute atomic E-state index is 12.4. The number of anilines is 1. The summed E-state index contributed by atoms with van der Waals surface area (Å²) in [4.78, 5) is 3.70. The molecule has 0 aliphatic rings. The molecule has 0 aliphatic carbocycles. The molecule has 0 saturated carbocycles. The van der Waals surface area contributed by atoms with Crippen molar-refractivity contribution in [3.63, 3.8) is 0 Å². The number of hydrogen-bond donors (Lipinski definition) is 1. The Bertz CT molecular complexity index is 547. The molecule has 98 valence electrons. The molecule has 9 heteroatoms. The molecule has 0 atom stereocenters. The van der Waals surface area contributed by atoms with Crippen LogP contribution in [0, 0.1) is 0 Å². The Hall–Kier alpha value is -1.93. The van der Waals surface area contributed by atoms with E-state index < -0.39 is 24.8 Å². The van der Waals surface area contributed by atoms with Gasteiger partial charge in [0.15, 0.2) is 11.5 Å². The van der Waals surface area contributed by atoms with Gasteiger partial charge in [0.25, 0.3) is 6.43 Å². The molecule has 2 aromatic rings.